The van der Waals surface area contributed by atoms with Crippen LogP contribution < -0.4 is 5.73 Å². The van der Waals surface area contributed by atoms with Crippen LogP contribution in [0, 0.1) is 0 Å². The summed E-state index contributed by atoms with van der Waals surface area (Å²) in [5.41, 5.74) is 5.53. The number of amides is 1. The number of carbonyl (C=O) groups excluding carboxylic acids is 1. The van der Waals surface area contributed by atoms with E-state index in [-0.39, 0.29) is 5.91 Å². The lowest BCUT2D eigenvalue weighted by atomic mass is 10.4. The minimum atomic E-state index is 0.183. The molecule has 1 aromatic heterocycles. The molecule has 18 heavy (non-hydrogen) atoms. The summed E-state index contributed by atoms with van der Waals surface area (Å²) >= 11 is 1.42. The largest absolute Gasteiger partial charge is 0.339 e. The molecular formula is C11H19N5OS. The summed E-state index contributed by atoms with van der Waals surface area (Å²) in [4.78, 5) is 14.0. The number of nitrogens with zero attached hydrogens (tertiary/aromatic N) is 4. The molecule has 0 aromatic carbocycles. The van der Waals surface area contributed by atoms with Crippen LogP contribution in [0.3, 0.4) is 0 Å². The smallest absolute Gasteiger partial charge is 0.233 e. The Bertz CT molecular complexity index is 429. The van der Waals surface area contributed by atoms with Crippen molar-refractivity contribution in [3.8, 4) is 0 Å². The number of thioether (sulfide) groups is 1. The third kappa shape index (κ3) is 2.84. The van der Waals surface area contributed by atoms with Crippen LogP contribution in [0.2, 0.25) is 0 Å². The van der Waals surface area contributed by atoms with Gasteiger partial charge < -0.3 is 15.2 Å². The summed E-state index contributed by atoms with van der Waals surface area (Å²) in [5, 5.41) is 8.74. The van der Waals surface area contributed by atoms with Crippen molar-refractivity contribution in [3.63, 3.8) is 0 Å². The Hall–Kier alpha value is -1.08. The summed E-state index contributed by atoms with van der Waals surface area (Å²) in [6.45, 7) is 3.17. The Morgan fingerprint density at radius 1 is 1.56 bits per heavy atom. The first-order valence-corrected chi connectivity index (χ1v) is 7.16. The zero-order valence-corrected chi connectivity index (χ0v) is 11.6. The lowest BCUT2D eigenvalue weighted by Crippen LogP contribution is -2.34. The molecule has 2 rings (SSSR count). The fraction of sp³-hybridized carbons (Fsp3) is 0.727. The van der Waals surface area contributed by atoms with Crippen LogP contribution in [0.5, 0.6) is 0 Å². The van der Waals surface area contributed by atoms with Crippen molar-refractivity contribution >= 4 is 17.7 Å². The van der Waals surface area contributed by atoms with Gasteiger partial charge in [-0.1, -0.05) is 11.8 Å². The van der Waals surface area contributed by atoms with Gasteiger partial charge in [0.1, 0.15) is 5.82 Å². The number of rotatable bonds is 6. The molecule has 0 radical (unpaired) electrons. The summed E-state index contributed by atoms with van der Waals surface area (Å²) in [7, 11) is 1.87. The van der Waals surface area contributed by atoms with Crippen LogP contribution in [0.25, 0.3) is 0 Å². The van der Waals surface area contributed by atoms with Crippen LogP contribution in [0.4, 0.5) is 0 Å². The molecule has 1 heterocycles. The SMILES string of the molecule is CCN(C(=O)CSc1nnc(CN)n1C)C1CC1. The molecule has 1 aliphatic carbocycles. The van der Waals surface area contributed by atoms with E-state index in [1.165, 1.54) is 11.8 Å². The minimum Gasteiger partial charge on any atom is -0.339 e. The lowest BCUT2D eigenvalue weighted by Gasteiger charge is -2.19. The molecule has 0 unspecified atom stereocenters. The van der Waals surface area contributed by atoms with E-state index in [0.717, 1.165) is 30.4 Å². The highest BCUT2D eigenvalue weighted by molar-refractivity contribution is 7.99. The molecule has 0 spiro atoms. The molecule has 6 nitrogen and oxygen atoms in total. The molecule has 1 aliphatic rings. The minimum absolute atomic E-state index is 0.183. The molecule has 1 fully saturated rings. The molecule has 100 valence electrons. The van der Waals surface area contributed by atoms with Gasteiger partial charge in [0.15, 0.2) is 5.16 Å². The standard InChI is InChI=1S/C11H19N5OS/c1-3-16(8-4-5-8)10(17)7-18-11-14-13-9(6-12)15(11)2/h8H,3-7,12H2,1-2H3. The van der Waals surface area contributed by atoms with E-state index in [0.29, 0.717) is 18.3 Å². The summed E-state index contributed by atoms with van der Waals surface area (Å²) < 4.78 is 1.84. The van der Waals surface area contributed by atoms with Gasteiger partial charge in [-0.05, 0) is 19.8 Å². The third-order valence-electron chi connectivity index (χ3n) is 3.08. The highest BCUT2D eigenvalue weighted by Crippen LogP contribution is 2.27. The fourth-order valence-corrected chi connectivity index (χ4v) is 2.70. The molecule has 2 N–H and O–H groups in total. The van der Waals surface area contributed by atoms with Crippen molar-refractivity contribution < 1.29 is 4.79 Å². The first-order valence-electron chi connectivity index (χ1n) is 6.18. The molecule has 0 aliphatic heterocycles. The third-order valence-corrected chi connectivity index (χ3v) is 4.09. The van der Waals surface area contributed by atoms with Crippen LogP contribution in [0.15, 0.2) is 5.16 Å². The van der Waals surface area contributed by atoms with Crippen molar-refractivity contribution in [2.75, 3.05) is 12.3 Å². The van der Waals surface area contributed by atoms with Gasteiger partial charge in [0, 0.05) is 19.6 Å². The van der Waals surface area contributed by atoms with Gasteiger partial charge in [0.05, 0.1) is 12.3 Å². The molecule has 7 heteroatoms. The molecule has 0 saturated heterocycles. The monoisotopic (exact) mass is 269 g/mol. The van der Waals surface area contributed by atoms with Gasteiger partial charge in [-0.3, -0.25) is 4.79 Å². The highest BCUT2D eigenvalue weighted by atomic mass is 32.2. The van der Waals surface area contributed by atoms with E-state index in [1.54, 1.807) is 0 Å². The van der Waals surface area contributed by atoms with E-state index in [9.17, 15) is 4.79 Å². The lowest BCUT2D eigenvalue weighted by molar-refractivity contribution is -0.128. The molecule has 1 saturated carbocycles. The fourth-order valence-electron chi connectivity index (χ4n) is 1.88. The second-order valence-electron chi connectivity index (χ2n) is 4.36. The van der Waals surface area contributed by atoms with Gasteiger partial charge in [0.2, 0.25) is 5.91 Å². The van der Waals surface area contributed by atoms with E-state index >= 15 is 0 Å². The van der Waals surface area contributed by atoms with E-state index < -0.39 is 0 Å². The number of carbonyl (C=O) groups is 1. The molecule has 0 atom stereocenters. The Kier molecular flexibility index (Phi) is 4.23. The Morgan fingerprint density at radius 3 is 2.78 bits per heavy atom. The molecule has 1 amide bonds. The van der Waals surface area contributed by atoms with Gasteiger partial charge in [0.25, 0.3) is 0 Å². The van der Waals surface area contributed by atoms with Crippen molar-refractivity contribution in [3.05, 3.63) is 5.82 Å². The average molecular weight is 269 g/mol. The predicted octanol–water partition coefficient (Wildman–Crippen LogP) is 0.377. The summed E-state index contributed by atoms with van der Waals surface area (Å²) in [6.07, 6.45) is 2.29. The Balaban J connectivity index is 1.90. The van der Waals surface area contributed by atoms with Crippen molar-refractivity contribution in [1.29, 1.82) is 0 Å². The van der Waals surface area contributed by atoms with Crippen LogP contribution in [-0.2, 0) is 18.4 Å². The van der Waals surface area contributed by atoms with Gasteiger partial charge >= 0.3 is 0 Å². The van der Waals surface area contributed by atoms with Gasteiger partial charge in [-0.15, -0.1) is 10.2 Å². The quantitative estimate of drug-likeness (QED) is 0.755. The first-order chi connectivity index (χ1) is 8.67. The maximum atomic E-state index is 12.0. The Morgan fingerprint density at radius 2 is 2.28 bits per heavy atom. The molecular weight excluding hydrogens is 250 g/mol. The predicted molar refractivity (Wildman–Crippen MR) is 70.0 cm³/mol. The van der Waals surface area contributed by atoms with Gasteiger partial charge in [-0.2, -0.15) is 0 Å². The van der Waals surface area contributed by atoms with E-state index in [2.05, 4.69) is 10.2 Å². The maximum absolute atomic E-state index is 12.0. The van der Waals surface area contributed by atoms with Crippen molar-refractivity contribution in [1.82, 2.24) is 19.7 Å². The molecule has 1 aromatic rings. The number of nitrogens with two attached hydrogens (primary N) is 1. The van der Waals surface area contributed by atoms with Gasteiger partial charge in [-0.25, -0.2) is 0 Å². The van der Waals surface area contributed by atoms with Crippen molar-refractivity contribution in [2.24, 2.45) is 12.8 Å². The van der Waals surface area contributed by atoms with Crippen LogP contribution >= 0.6 is 11.8 Å². The number of hydrogen-bond acceptors (Lipinski definition) is 5. The Labute approximate surface area is 111 Å². The number of hydrogen-bond donors (Lipinski definition) is 1. The summed E-state index contributed by atoms with van der Waals surface area (Å²) in [6, 6.07) is 0.474. The zero-order chi connectivity index (χ0) is 13.1. The zero-order valence-electron chi connectivity index (χ0n) is 10.8. The number of aromatic nitrogens is 3. The second-order valence-corrected chi connectivity index (χ2v) is 5.30. The average Bonchev–Trinajstić information content (AvgIpc) is 3.12. The van der Waals surface area contributed by atoms with Crippen molar-refractivity contribution in [2.45, 2.75) is 37.5 Å². The second kappa shape index (κ2) is 5.71. The van der Waals surface area contributed by atoms with E-state index in [1.807, 2.05) is 23.4 Å². The van der Waals surface area contributed by atoms with E-state index in [4.69, 9.17) is 5.73 Å². The normalized spacial score (nSPS) is 14.8. The highest BCUT2D eigenvalue weighted by Gasteiger charge is 2.31. The van der Waals surface area contributed by atoms with Crippen LogP contribution in [-0.4, -0.2) is 43.9 Å². The summed E-state index contributed by atoms with van der Waals surface area (Å²) in [5.74, 6) is 1.34. The maximum Gasteiger partial charge on any atom is 0.233 e. The van der Waals surface area contributed by atoms with Crippen LogP contribution in [0.1, 0.15) is 25.6 Å². The molecule has 0 bridgehead atoms. The first kappa shape index (κ1) is 13.4. The topological polar surface area (TPSA) is 77.0 Å².